The van der Waals surface area contributed by atoms with Crippen LogP contribution in [0.5, 0.6) is 17.2 Å². The third kappa shape index (κ3) is 4.21. The van der Waals surface area contributed by atoms with Gasteiger partial charge in [-0.15, -0.1) is 0 Å². The number of fused-ring (bicyclic) bond motifs is 3. The number of rotatable bonds is 6. The van der Waals surface area contributed by atoms with Gasteiger partial charge in [-0.25, -0.2) is 9.18 Å². The van der Waals surface area contributed by atoms with E-state index < -0.39 is 0 Å². The fraction of sp³-hybridized carbons (Fsp3) is 0.483. The summed E-state index contributed by atoms with van der Waals surface area (Å²) in [5.74, 6) is 1.52. The van der Waals surface area contributed by atoms with Gasteiger partial charge in [0.25, 0.3) is 0 Å². The van der Waals surface area contributed by atoms with Crippen molar-refractivity contribution in [1.29, 1.82) is 0 Å². The van der Waals surface area contributed by atoms with Crippen molar-refractivity contribution >= 4 is 6.03 Å². The van der Waals surface area contributed by atoms with Crippen LogP contribution in [0.1, 0.15) is 49.3 Å². The van der Waals surface area contributed by atoms with Gasteiger partial charge in [0.2, 0.25) is 0 Å². The lowest BCUT2D eigenvalue weighted by Gasteiger charge is -2.44. The summed E-state index contributed by atoms with van der Waals surface area (Å²) in [6.45, 7) is 7.79. The molecule has 3 aliphatic rings. The zero-order valence-corrected chi connectivity index (χ0v) is 22.3. The van der Waals surface area contributed by atoms with Crippen LogP contribution in [0.15, 0.2) is 42.1 Å². The van der Waals surface area contributed by atoms with Gasteiger partial charge in [-0.3, -0.25) is 9.80 Å². The van der Waals surface area contributed by atoms with Gasteiger partial charge in [0.05, 0.1) is 33.4 Å². The number of ether oxygens (including phenoxy) is 3. The fourth-order valence-electron chi connectivity index (χ4n) is 6.41. The normalized spacial score (nSPS) is 20.9. The minimum Gasteiger partial charge on any atom is -0.497 e. The highest BCUT2D eigenvalue weighted by molar-refractivity contribution is 5.83. The Kier molecular flexibility index (Phi) is 6.79. The van der Waals surface area contributed by atoms with E-state index in [2.05, 4.69) is 29.7 Å². The molecular weight excluding hydrogens is 473 g/mol. The van der Waals surface area contributed by atoms with Crippen molar-refractivity contribution in [2.45, 2.75) is 51.2 Å². The van der Waals surface area contributed by atoms with Gasteiger partial charge in [0.15, 0.2) is 11.6 Å². The summed E-state index contributed by atoms with van der Waals surface area (Å²) in [4.78, 5) is 20.2. The van der Waals surface area contributed by atoms with Crippen molar-refractivity contribution in [3.63, 3.8) is 0 Å². The Labute approximate surface area is 218 Å². The molecule has 198 valence electrons. The minimum absolute atomic E-state index is 0.0623. The van der Waals surface area contributed by atoms with Gasteiger partial charge in [0.1, 0.15) is 11.5 Å². The van der Waals surface area contributed by atoms with Gasteiger partial charge in [-0.1, -0.05) is 19.1 Å². The Bertz CT molecular complexity index is 1220. The van der Waals surface area contributed by atoms with Crippen LogP contribution in [-0.2, 0) is 13.1 Å². The van der Waals surface area contributed by atoms with Crippen molar-refractivity contribution < 1.29 is 23.4 Å². The van der Waals surface area contributed by atoms with Crippen LogP contribution in [0.25, 0.3) is 0 Å². The summed E-state index contributed by atoms with van der Waals surface area (Å²) in [6.07, 6.45) is 3.96. The summed E-state index contributed by atoms with van der Waals surface area (Å²) in [6, 6.07) is 9.06. The molecule has 0 radical (unpaired) electrons. The number of methoxy groups -OCH3 is 3. The lowest BCUT2D eigenvalue weighted by molar-refractivity contribution is 0.0887. The van der Waals surface area contributed by atoms with Crippen molar-refractivity contribution in [3.8, 4) is 17.2 Å². The monoisotopic (exact) mass is 509 g/mol. The van der Waals surface area contributed by atoms with E-state index in [1.165, 1.54) is 13.2 Å². The molecule has 5 rings (SSSR count). The van der Waals surface area contributed by atoms with E-state index in [9.17, 15) is 9.18 Å². The second-order valence-corrected chi connectivity index (χ2v) is 10.1. The molecule has 0 aromatic heterocycles. The molecule has 2 aromatic carbocycles. The number of carbonyl (C=O) groups excluding carboxylic acids is 1. The zero-order chi connectivity index (χ0) is 26.3. The second kappa shape index (κ2) is 9.89. The van der Waals surface area contributed by atoms with E-state index in [0.717, 1.165) is 59.8 Å². The molecule has 2 aromatic rings. The number of likely N-dealkylation sites (tertiary alicyclic amines) is 1. The Hall–Kier alpha value is -3.26. The molecule has 1 spiro atoms. The van der Waals surface area contributed by atoms with Gasteiger partial charge in [-0.2, -0.15) is 0 Å². The summed E-state index contributed by atoms with van der Waals surface area (Å²) in [5.41, 5.74) is 3.95. The van der Waals surface area contributed by atoms with E-state index in [1.807, 2.05) is 23.1 Å². The first-order valence-corrected chi connectivity index (χ1v) is 13.0. The molecule has 0 saturated carbocycles. The third-order valence-electron chi connectivity index (χ3n) is 8.22. The molecule has 3 aliphatic heterocycles. The first-order valence-electron chi connectivity index (χ1n) is 13.0. The molecule has 37 heavy (non-hydrogen) atoms. The van der Waals surface area contributed by atoms with Crippen LogP contribution in [0.4, 0.5) is 9.18 Å². The van der Waals surface area contributed by atoms with Crippen LogP contribution in [-0.4, -0.2) is 67.2 Å². The van der Waals surface area contributed by atoms with Crippen LogP contribution in [0, 0.1) is 5.82 Å². The van der Waals surface area contributed by atoms with Crippen LogP contribution in [0.3, 0.4) is 0 Å². The average Bonchev–Trinajstić information content (AvgIpc) is 3.01. The fourth-order valence-corrected chi connectivity index (χ4v) is 6.41. The number of piperidine rings is 1. The zero-order valence-electron chi connectivity index (χ0n) is 22.3. The maximum Gasteiger partial charge on any atom is 0.325 e. The van der Waals surface area contributed by atoms with E-state index in [4.69, 9.17) is 14.2 Å². The maximum absolute atomic E-state index is 13.9. The number of amides is 2. The number of hydrogen-bond donors (Lipinski definition) is 0. The molecule has 0 N–H and O–H groups in total. The standard InChI is InChI=1S/C29H36FN3O4/c1-6-33-28(34)32-18-21-15-22(35-3)16-25(37-5)27(21)19(2)13-26(32)29(33)9-11-31(12-10-29)17-20-7-8-23(30)24(14-20)36-4/h7-8,13-16,19H,6,9-12,17-18H2,1-5H3. The lowest BCUT2D eigenvalue weighted by atomic mass is 9.82. The van der Waals surface area contributed by atoms with Crippen molar-refractivity contribution in [1.82, 2.24) is 14.7 Å². The average molecular weight is 510 g/mol. The number of hydrogen-bond acceptors (Lipinski definition) is 5. The highest BCUT2D eigenvalue weighted by atomic mass is 19.1. The lowest BCUT2D eigenvalue weighted by Crippen LogP contribution is -2.53. The molecule has 7 nitrogen and oxygen atoms in total. The van der Waals surface area contributed by atoms with Gasteiger partial charge in [-0.05, 0) is 49.1 Å². The Morgan fingerprint density at radius 2 is 1.76 bits per heavy atom. The highest BCUT2D eigenvalue weighted by Gasteiger charge is 2.54. The number of likely N-dealkylation sites (N-methyl/N-ethyl adjacent to an activating group) is 1. The number of halogens is 1. The summed E-state index contributed by atoms with van der Waals surface area (Å²) < 4.78 is 30.3. The molecule has 1 unspecified atom stereocenters. The summed E-state index contributed by atoms with van der Waals surface area (Å²) in [5, 5.41) is 0. The van der Waals surface area contributed by atoms with E-state index in [-0.39, 0.29) is 29.1 Å². The molecule has 3 heterocycles. The number of benzene rings is 2. The predicted octanol–water partition coefficient (Wildman–Crippen LogP) is 5.14. The maximum atomic E-state index is 13.9. The van der Waals surface area contributed by atoms with Crippen molar-refractivity contribution in [2.75, 3.05) is 41.0 Å². The largest absolute Gasteiger partial charge is 0.497 e. The molecule has 2 fully saturated rings. The predicted molar refractivity (Wildman–Crippen MR) is 140 cm³/mol. The second-order valence-electron chi connectivity index (χ2n) is 10.1. The third-order valence-corrected chi connectivity index (χ3v) is 8.22. The smallest absolute Gasteiger partial charge is 0.325 e. The van der Waals surface area contributed by atoms with E-state index >= 15 is 0 Å². The summed E-state index contributed by atoms with van der Waals surface area (Å²) >= 11 is 0. The minimum atomic E-state index is -0.350. The molecule has 1 atom stereocenters. The number of allylic oxidation sites excluding steroid dienone is 1. The molecule has 0 bridgehead atoms. The topological polar surface area (TPSA) is 54.5 Å². The molecular formula is C29H36FN3O4. The Morgan fingerprint density at radius 3 is 2.41 bits per heavy atom. The van der Waals surface area contributed by atoms with E-state index in [0.29, 0.717) is 19.6 Å². The van der Waals surface area contributed by atoms with Crippen molar-refractivity contribution in [2.24, 2.45) is 0 Å². The highest BCUT2D eigenvalue weighted by Crippen LogP contribution is 2.49. The van der Waals surface area contributed by atoms with Gasteiger partial charge in [0, 0.05) is 49.4 Å². The number of nitrogens with zero attached hydrogens (tertiary/aromatic N) is 3. The number of urea groups is 1. The van der Waals surface area contributed by atoms with Crippen LogP contribution < -0.4 is 14.2 Å². The SMILES string of the molecule is CCN1C(=O)N2Cc3cc(OC)cc(OC)c3C(C)C=C2C12CCN(Cc1ccc(F)c(OC)c1)CC2. The first kappa shape index (κ1) is 25.4. The molecule has 2 amide bonds. The molecule has 2 saturated heterocycles. The number of carbonyl (C=O) groups is 1. The Balaban J connectivity index is 1.44. The van der Waals surface area contributed by atoms with Gasteiger partial charge < -0.3 is 19.1 Å². The first-order chi connectivity index (χ1) is 17.8. The quantitative estimate of drug-likeness (QED) is 0.540. The Morgan fingerprint density at radius 1 is 1.03 bits per heavy atom. The van der Waals surface area contributed by atoms with Gasteiger partial charge >= 0.3 is 6.03 Å². The van der Waals surface area contributed by atoms with Crippen molar-refractivity contribution in [3.05, 3.63) is 64.6 Å². The van der Waals surface area contributed by atoms with Crippen LogP contribution >= 0.6 is 0 Å². The molecule has 0 aliphatic carbocycles. The van der Waals surface area contributed by atoms with Crippen LogP contribution in [0.2, 0.25) is 0 Å². The summed E-state index contributed by atoms with van der Waals surface area (Å²) in [7, 11) is 4.81. The van der Waals surface area contributed by atoms with E-state index in [1.54, 1.807) is 20.3 Å². The molecule has 8 heteroatoms.